The number of nitrogens with zero attached hydrogens (tertiary/aromatic N) is 2. The predicted molar refractivity (Wildman–Crippen MR) is 149 cm³/mol. The predicted octanol–water partition coefficient (Wildman–Crippen LogP) is 3.42. The molecular weight excluding hydrogens is 504 g/mol. The Morgan fingerprint density at radius 3 is 2.21 bits per heavy atom. The summed E-state index contributed by atoms with van der Waals surface area (Å²) in [6, 6.07) is 23.4. The zero-order chi connectivity index (χ0) is 27.5. The number of rotatable bonds is 12. The molecule has 0 heterocycles. The number of hydrogen-bond acceptors (Lipinski definition) is 6. The number of ether oxygens (including phenoxy) is 1. The van der Waals surface area contributed by atoms with E-state index in [9.17, 15) is 18.0 Å². The third-order valence-corrected chi connectivity index (χ3v) is 6.66. The second kappa shape index (κ2) is 13.4. The monoisotopic (exact) mass is 536 g/mol. The fourth-order valence-corrected chi connectivity index (χ4v) is 4.27. The molecule has 38 heavy (non-hydrogen) atoms. The van der Waals surface area contributed by atoms with Gasteiger partial charge in [-0.05, 0) is 59.0 Å². The molecule has 0 aromatic heterocycles. The number of hydrazone groups is 1. The van der Waals surface area contributed by atoms with E-state index in [0.717, 1.165) is 21.7 Å². The van der Waals surface area contributed by atoms with Gasteiger partial charge in [0.05, 0.1) is 18.2 Å². The molecule has 0 radical (unpaired) electrons. The molecule has 0 bridgehead atoms. The Bertz CT molecular complexity index is 1340. The maximum absolute atomic E-state index is 12.4. The molecule has 10 heteroatoms. The Morgan fingerprint density at radius 1 is 0.947 bits per heavy atom. The van der Waals surface area contributed by atoms with Crippen molar-refractivity contribution in [3.8, 4) is 5.75 Å². The molecule has 0 saturated heterocycles. The van der Waals surface area contributed by atoms with Gasteiger partial charge in [-0.15, -0.1) is 0 Å². The summed E-state index contributed by atoms with van der Waals surface area (Å²) in [4.78, 5) is 24.4. The van der Waals surface area contributed by atoms with Gasteiger partial charge in [-0.25, -0.2) is 13.8 Å². The highest BCUT2D eigenvalue weighted by molar-refractivity contribution is 7.92. The standard InChI is InChI=1S/C28H32N4O5S/c1-21(2)24-11-13-25(14-12-24)32(38(3,35)36)19-27(33)31-30-18-23-9-15-26(16-10-23)37-20-28(34)29-17-22-7-5-4-6-8-22/h4-16,18,21H,17,19-20H2,1-3H3,(H,29,34)(H,31,33)/b30-18-. The summed E-state index contributed by atoms with van der Waals surface area (Å²) in [7, 11) is -3.68. The minimum Gasteiger partial charge on any atom is -0.484 e. The summed E-state index contributed by atoms with van der Waals surface area (Å²) in [5, 5.41) is 6.71. The van der Waals surface area contributed by atoms with Crippen molar-refractivity contribution in [3.05, 3.63) is 95.6 Å². The molecule has 0 aliphatic rings. The van der Waals surface area contributed by atoms with Crippen LogP contribution < -0.4 is 19.8 Å². The van der Waals surface area contributed by atoms with Crippen LogP contribution in [0.1, 0.15) is 36.5 Å². The van der Waals surface area contributed by atoms with Gasteiger partial charge in [0.15, 0.2) is 6.61 Å². The van der Waals surface area contributed by atoms with Crippen LogP contribution in [0.2, 0.25) is 0 Å². The van der Waals surface area contributed by atoms with Crippen LogP contribution in [0.3, 0.4) is 0 Å². The van der Waals surface area contributed by atoms with E-state index >= 15 is 0 Å². The first-order valence-electron chi connectivity index (χ1n) is 12.0. The van der Waals surface area contributed by atoms with Gasteiger partial charge in [0.25, 0.3) is 11.8 Å². The Labute approximate surface area is 223 Å². The summed E-state index contributed by atoms with van der Waals surface area (Å²) >= 11 is 0. The SMILES string of the molecule is CC(C)c1ccc(N(CC(=O)N/N=C\c2ccc(OCC(=O)NCc3ccccc3)cc2)S(C)(=O)=O)cc1. The first-order chi connectivity index (χ1) is 18.1. The van der Waals surface area contributed by atoms with Crippen molar-refractivity contribution in [3.63, 3.8) is 0 Å². The van der Waals surface area contributed by atoms with Crippen LogP contribution in [0.4, 0.5) is 5.69 Å². The molecule has 2 N–H and O–H groups in total. The number of nitrogens with one attached hydrogen (secondary N) is 2. The summed E-state index contributed by atoms with van der Waals surface area (Å²) in [6.07, 6.45) is 2.48. The van der Waals surface area contributed by atoms with Crippen LogP contribution in [0, 0.1) is 0 Å². The summed E-state index contributed by atoms with van der Waals surface area (Å²) in [5.41, 5.74) is 5.50. The third-order valence-electron chi connectivity index (χ3n) is 5.52. The first-order valence-corrected chi connectivity index (χ1v) is 13.9. The average Bonchev–Trinajstić information content (AvgIpc) is 2.90. The molecule has 200 valence electrons. The number of benzene rings is 3. The maximum Gasteiger partial charge on any atom is 0.260 e. The minimum atomic E-state index is -3.68. The van der Waals surface area contributed by atoms with E-state index in [1.807, 2.05) is 56.3 Å². The van der Waals surface area contributed by atoms with Gasteiger partial charge < -0.3 is 10.1 Å². The van der Waals surface area contributed by atoms with Gasteiger partial charge in [-0.2, -0.15) is 5.10 Å². The molecule has 9 nitrogen and oxygen atoms in total. The number of amides is 2. The number of anilines is 1. The number of carbonyl (C=O) groups excluding carboxylic acids is 2. The van der Waals surface area contributed by atoms with E-state index in [1.54, 1.807) is 36.4 Å². The lowest BCUT2D eigenvalue weighted by Gasteiger charge is -2.21. The molecule has 3 aromatic carbocycles. The first kappa shape index (κ1) is 28.4. The highest BCUT2D eigenvalue weighted by Gasteiger charge is 2.20. The van der Waals surface area contributed by atoms with Crippen molar-refractivity contribution in [2.45, 2.75) is 26.3 Å². The molecular formula is C28H32N4O5S. The van der Waals surface area contributed by atoms with E-state index in [2.05, 4.69) is 15.8 Å². The van der Waals surface area contributed by atoms with E-state index in [-0.39, 0.29) is 12.5 Å². The lowest BCUT2D eigenvalue weighted by atomic mass is 10.0. The number of hydrogen-bond donors (Lipinski definition) is 2. The van der Waals surface area contributed by atoms with Gasteiger partial charge in [0.1, 0.15) is 12.3 Å². The van der Waals surface area contributed by atoms with Crippen molar-refractivity contribution in [2.75, 3.05) is 23.7 Å². The van der Waals surface area contributed by atoms with Crippen LogP contribution in [-0.4, -0.2) is 45.9 Å². The molecule has 0 aliphatic carbocycles. The number of carbonyl (C=O) groups is 2. The summed E-state index contributed by atoms with van der Waals surface area (Å²) in [6.45, 7) is 3.99. The molecule has 3 rings (SSSR count). The van der Waals surface area contributed by atoms with E-state index < -0.39 is 22.5 Å². The lowest BCUT2D eigenvalue weighted by Crippen LogP contribution is -2.39. The Kier molecular flexibility index (Phi) is 10.0. The Morgan fingerprint density at radius 2 is 1.61 bits per heavy atom. The fourth-order valence-electron chi connectivity index (χ4n) is 3.42. The Hall–Kier alpha value is -4.18. The normalized spacial score (nSPS) is 11.4. The van der Waals surface area contributed by atoms with Gasteiger partial charge in [0.2, 0.25) is 10.0 Å². The highest BCUT2D eigenvalue weighted by atomic mass is 32.2. The van der Waals surface area contributed by atoms with E-state index in [0.29, 0.717) is 29.5 Å². The van der Waals surface area contributed by atoms with Crippen molar-refractivity contribution in [1.29, 1.82) is 0 Å². The van der Waals surface area contributed by atoms with Crippen LogP contribution in [0.5, 0.6) is 5.75 Å². The topological polar surface area (TPSA) is 117 Å². The second-order valence-corrected chi connectivity index (χ2v) is 10.8. The molecule has 3 aromatic rings. The zero-order valence-corrected chi connectivity index (χ0v) is 22.4. The average molecular weight is 537 g/mol. The van der Waals surface area contributed by atoms with Crippen molar-refractivity contribution < 1.29 is 22.7 Å². The maximum atomic E-state index is 12.4. The number of sulfonamides is 1. The van der Waals surface area contributed by atoms with Gasteiger partial charge in [-0.1, -0.05) is 56.3 Å². The van der Waals surface area contributed by atoms with E-state index in [1.165, 1.54) is 6.21 Å². The molecule has 0 aliphatic heterocycles. The second-order valence-electron chi connectivity index (χ2n) is 8.93. The fraction of sp³-hybridized carbons (Fsp3) is 0.250. The van der Waals surface area contributed by atoms with Crippen molar-refractivity contribution in [1.82, 2.24) is 10.7 Å². The zero-order valence-electron chi connectivity index (χ0n) is 21.6. The molecule has 0 saturated carbocycles. The Balaban J connectivity index is 1.47. The van der Waals surface area contributed by atoms with Gasteiger partial charge in [0, 0.05) is 6.54 Å². The minimum absolute atomic E-state index is 0.118. The lowest BCUT2D eigenvalue weighted by molar-refractivity contribution is -0.123. The highest BCUT2D eigenvalue weighted by Crippen LogP contribution is 2.21. The van der Waals surface area contributed by atoms with Crippen LogP contribution in [0.25, 0.3) is 0 Å². The summed E-state index contributed by atoms with van der Waals surface area (Å²) in [5.74, 6) is -0.00552. The molecule has 0 unspecified atom stereocenters. The van der Waals surface area contributed by atoms with Gasteiger partial charge >= 0.3 is 0 Å². The van der Waals surface area contributed by atoms with E-state index in [4.69, 9.17) is 4.74 Å². The van der Waals surface area contributed by atoms with Crippen LogP contribution >= 0.6 is 0 Å². The molecule has 0 atom stereocenters. The van der Waals surface area contributed by atoms with Crippen molar-refractivity contribution >= 4 is 33.7 Å². The van der Waals surface area contributed by atoms with Gasteiger partial charge in [-0.3, -0.25) is 13.9 Å². The summed E-state index contributed by atoms with van der Waals surface area (Å²) < 4.78 is 31.1. The largest absolute Gasteiger partial charge is 0.484 e. The molecule has 0 spiro atoms. The smallest absolute Gasteiger partial charge is 0.260 e. The van der Waals surface area contributed by atoms with Crippen LogP contribution in [-0.2, 0) is 26.2 Å². The third kappa shape index (κ3) is 9.04. The molecule has 2 amide bonds. The quantitative estimate of drug-likeness (QED) is 0.272. The van der Waals surface area contributed by atoms with Crippen LogP contribution in [0.15, 0.2) is 84.0 Å². The van der Waals surface area contributed by atoms with Crippen molar-refractivity contribution in [2.24, 2.45) is 5.10 Å². The molecule has 0 fully saturated rings.